The van der Waals surface area contributed by atoms with E-state index in [0.717, 1.165) is 37.5 Å². The first-order chi connectivity index (χ1) is 14.7. The average Bonchev–Trinajstić information content (AvgIpc) is 3.25. The number of thioether (sulfide) groups is 1. The molecule has 30 heavy (non-hydrogen) atoms. The molecule has 0 bridgehead atoms. The van der Waals surface area contributed by atoms with Crippen molar-refractivity contribution < 1.29 is 9.53 Å². The molecule has 2 heterocycles. The molecule has 8 heteroatoms. The van der Waals surface area contributed by atoms with Crippen LogP contribution >= 0.6 is 11.8 Å². The number of benzene rings is 2. The van der Waals surface area contributed by atoms with E-state index < -0.39 is 0 Å². The molecule has 0 aliphatic carbocycles. The molecule has 1 amide bonds. The van der Waals surface area contributed by atoms with Crippen molar-refractivity contribution in [3.05, 3.63) is 66.0 Å². The van der Waals surface area contributed by atoms with Crippen LogP contribution in [0.5, 0.6) is 5.75 Å². The van der Waals surface area contributed by atoms with E-state index >= 15 is 0 Å². The van der Waals surface area contributed by atoms with Gasteiger partial charge >= 0.3 is 0 Å². The van der Waals surface area contributed by atoms with Crippen LogP contribution in [0.4, 0.5) is 5.69 Å². The van der Waals surface area contributed by atoms with Crippen LogP contribution in [0.3, 0.4) is 0 Å². The summed E-state index contributed by atoms with van der Waals surface area (Å²) >= 11 is 1.35. The third-order valence-corrected chi connectivity index (χ3v) is 5.79. The largest absolute Gasteiger partial charge is 0.486 e. The summed E-state index contributed by atoms with van der Waals surface area (Å²) in [4.78, 5) is 21.2. The number of para-hydroxylation sites is 1. The van der Waals surface area contributed by atoms with Crippen LogP contribution in [0.25, 0.3) is 0 Å². The number of aryl methyl sites for hydroxylation is 1. The summed E-state index contributed by atoms with van der Waals surface area (Å²) in [6, 6.07) is 18.2. The maximum Gasteiger partial charge on any atom is 0.233 e. The standard InChI is InChI=1S/C22H25N5O2S/c1-17-6-5-9-19(14-17)29-15-20-23-22(25-24-20)30-16-21(28)27-12-10-26(11-13-27)18-7-3-2-4-8-18/h2-9,14H,10-13,15-16H2,1H3,(H,23,24,25). The van der Waals surface area contributed by atoms with Gasteiger partial charge < -0.3 is 14.5 Å². The third kappa shape index (κ3) is 5.33. The molecule has 4 rings (SSSR count). The zero-order valence-electron chi connectivity index (χ0n) is 17.0. The molecule has 156 valence electrons. The van der Waals surface area contributed by atoms with E-state index in [-0.39, 0.29) is 5.91 Å². The van der Waals surface area contributed by atoms with Crippen molar-refractivity contribution in [2.45, 2.75) is 18.7 Å². The second-order valence-corrected chi connectivity index (χ2v) is 8.10. The first kappa shape index (κ1) is 20.3. The van der Waals surface area contributed by atoms with Crippen LogP contribution in [-0.4, -0.2) is 57.9 Å². The molecular formula is C22H25N5O2S. The van der Waals surface area contributed by atoms with Crippen molar-refractivity contribution in [1.29, 1.82) is 0 Å². The Morgan fingerprint density at radius 1 is 1.10 bits per heavy atom. The molecule has 1 aliphatic rings. The van der Waals surface area contributed by atoms with Crippen LogP contribution in [-0.2, 0) is 11.4 Å². The number of hydrogen-bond acceptors (Lipinski definition) is 6. The Morgan fingerprint density at radius 3 is 2.67 bits per heavy atom. The summed E-state index contributed by atoms with van der Waals surface area (Å²) < 4.78 is 5.73. The highest BCUT2D eigenvalue weighted by atomic mass is 32.2. The second kappa shape index (κ2) is 9.67. The van der Waals surface area contributed by atoms with E-state index in [0.29, 0.717) is 23.3 Å². The van der Waals surface area contributed by atoms with Gasteiger partial charge in [-0.1, -0.05) is 42.1 Å². The summed E-state index contributed by atoms with van der Waals surface area (Å²) in [5, 5.41) is 7.63. The summed E-state index contributed by atoms with van der Waals surface area (Å²) in [5.74, 6) is 1.89. The number of anilines is 1. The van der Waals surface area contributed by atoms with Gasteiger partial charge in [-0.25, -0.2) is 4.98 Å². The second-order valence-electron chi connectivity index (χ2n) is 7.16. The lowest BCUT2D eigenvalue weighted by Crippen LogP contribution is -2.49. The molecule has 3 aromatic rings. The molecule has 1 aromatic heterocycles. The molecule has 0 atom stereocenters. The van der Waals surface area contributed by atoms with Gasteiger partial charge in [0.15, 0.2) is 5.82 Å². The smallest absolute Gasteiger partial charge is 0.233 e. The third-order valence-electron chi connectivity index (χ3n) is 4.95. The fraction of sp³-hybridized carbons (Fsp3) is 0.318. The number of piperazine rings is 1. The number of rotatable bonds is 7. The molecule has 0 saturated carbocycles. The number of hydrogen-bond donors (Lipinski definition) is 1. The normalized spacial score (nSPS) is 14.0. The van der Waals surface area contributed by atoms with Gasteiger partial charge in [0.05, 0.1) is 5.75 Å². The summed E-state index contributed by atoms with van der Waals surface area (Å²) in [7, 11) is 0. The zero-order chi connectivity index (χ0) is 20.8. The molecule has 2 aromatic carbocycles. The number of carbonyl (C=O) groups is 1. The van der Waals surface area contributed by atoms with Crippen molar-refractivity contribution >= 4 is 23.4 Å². The van der Waals surface area contributed by atoms with E-state index in [4.69, 9.17) is 4.74 Å². The average molecular weight is 424 g/mol. The van der Waals surface area contributed by atoms with Gasteiger partial charge in [0.2, 0.25) is 11.1 Å². The molecule has 1 aliphatic heterocycles. The highest BCUT2D eigenvalue weighted by Gasteiger charge is 2.21. The minimum atomic E-state index is 0.120. The minimum absolute atomic E-state index is 0.120. The first-order valence-corrected chi connectivity index (χ1v) is 11.0. The van der Waals surface area contributed by atoms with Crippen molar-refractivity contribution in [3.8, 4) is 5.75 Å². The molecule has 1 N–H and O–H groups in total. The number of aromatic amines is 1. The maximum atomic E-state index is 12.6. The molecule has 0 radical (unpaired) electrons. The lowest BCUT2D eigenvalue weighted by Gasteiger charge is -2.36. The number of H-pyrrole nitrogens is 1. The van der Waals surface area contributed by atoms with Crippen LogP contribution in [0.1, 0.15) is 11.4 Å². The van der Waals surface area contributed by atoms with Gasteiger partial charge in [0.1, 0.15) is 12.4 Å². The molecule has 0 unspecified atom stereocenters. The van der Waals surface area contributed by atoms with Crippen molar-refractivity contribution in [2.75, 3.05) is 36.8 Å². The lowest BCUT2D eigenvalue weighted by atomic mass is 10.2. The Morgan fingerprint density at radius 2 is 1.90 bits per heavy atom. The Balaban J connectivity index is 1.21. The van der Waals surface area contributed by atoms with Crippen LogP contribution in [0.2, 0.25) is 0 Å². The summed E-state index contributed by atoms with van der Waals surface area (Å²) in [6.45, 7) is 5.50. The fourth-order valence-corrected chi connectivity index (χ4v) is 4.05. The van der Waals surface area contributed by atoms with Gasteiger partial charge in [-0.05, 0) is 36.8 Å². The van der Waals surface area contributed by atoms with Gasteiger partial charge in [0.25, 0.3) is 0 Å². The van der Waals surface area contributed by atoms with Gasteiger partial charge in [-0.3, -0.25) is 9.89 Å². The zero-order valence-corrected chi connectivity index (χ0v) is 17.8. The lowest BCUT2D eigenvalue weighted by molar-refractivity contribution is -0.128. The highest BCUT2D eigenvalue weighted by Crippen LogP contribution is 2.18. The number of carbonyl (C=O) groups excluding carboxylic acids is 1. The Bertz CT molecular complexity index is 970. The maximum absolute atomic E-state index is 12.6. The number of ether oxygens (including phenoxy) is 1. The predicted molar refractivity (Wildman–Crippen MR) is 118 cm³/mol. The highest BCUT2D eigenvalue weighted by molar-refractivity contribution is 7.99. The molecule has 1 saturated heterocycles. The van der Waals surface area contributed by atoms with E-state index in [2.05, 4.69) is 32.2 Å². The summed E-state index contributed by atoms with van der Waals surface area (Å²) in [6.07, 6.45) is 0. The number of nitrogens with one attached hydrogen (secondary N) is 1. The first-order valence-electron chi connectivity index (χ1n) is 9.99. The van der Waals surface area contributed by atoms with Gasteiger partial charge in [0, 0.05) is 31.9 Å². The molecule has 7 nitrogen and oxygen atoms in total. The van der Waals surface area contributed by atoms with Crippen LogP contribution in [0, 0.1) is 6.92 Å². The van der Waals surface area contributed by atoms with Crippen molar-refractivity contribution in [1.82, 2.24) is 20.1 Å². The van der Waals surface area contributed by atoms with E-state index in [9.17, 15) is 4.79 Å². The van der Waals surface area contributed by atoms with Crippen LogP contribution < -0.4 is 9.64 Å². The topological polar surface area (TPSA) is 74.3 Å². The Hall–Kier alpha value is -3.00. The number of amides is 1. The monoisotopic (exact) mass is 423 g/mol. The summed E-state index contributed by atoms with van der Waals surface area (Å²) in [5.41, 5.74) is 2.35. The molecule has 0 spiro atoms. The van der Waals surface area contributed by atoms with E-state index in [1.807, 2.05) is 54.3 Å². The Labute approximate surface area is 180 Å². The van der Waals surface area contributed by atoms with E-state index in [1.165, 1.54) is 17.4 Å². The molecular weight excluding hydrogens is 398 g/mol. The SMILES string of the molecule is Cc1cccc(OCc2nc(SCC(=O)N3CCN(c4ccccc4)CC3)n[nH]2)c1. The Kier molecular flexibility index (Phi) is 6.53. The van der Waals surface area contributed by atoms with Crippen molar-refractivity contribution in [2.24, 2.45) is 0 Å². The predicted octanol–water partition coefficient (Wildman–Crippen LogP) is 3.13. The van der Waals surface area contributed by atoms with Gasteiger partial charge in [-0.15, -0.1) is 5.10 Å². The van der Waals surface area contributed by atoms with Crippen LogP contribution in [0.15, 0.2) is 59.8 Å². The van der Waals surface area contributed by atoms with Gasteiger partial charge in [-0.2, -0.15) is 0 Å². The number of nitrogens with zero attached hydrogens (tertiary/aromatic N) is 4. The fourth-order valence-electron chi connectivity index (χ4n) is 3.33. The number of aromatic nitrogens is 3. The quantitative estimate of drug-likeness (QED) is 0.589. The van der Waals surface area contributed by atoms with E-state index in [1.54, 1.807) is 0 Å². The molecule has 1 fully saturated rings. The van der Waals surface area contributed by atoms with Crippen molar-refractivity contribution in [3.63, 3.8) is 0 Å². The minimum Gasteiger partial charge on any atom is -0.486 e.